The molecule has 1 unspecified atom stereocenters. The Labute approximate surface area is 126 Å². The number of nitrogens with two attached hydrogens (primary N) is 1. The summed E-state index contributed by atoms with van der Waals surface area (Å²) < 4.78 is 12.8. The number of carbonyl (C=O) groups is 2. The summed E-state index contributed by atoms with van der Waals surface area (Å²) >= 11 is 0. The highest BCUT2D eigenvalue weighted by Crippen LogP contribution is 2.12. The standard InChI is InChI=1S/C16H15FN2O3/c17-13-7-5-10(6-8-13)14(20)9-19-16(22)12-3-1-11(2-4-12)15(18)21/h1-8,14,20H,9H2,(H2,18,21)(H,19,22). The molecule has 0 radical (unpaired) electrons. The van der Waals surface area contributed by atoms with Crippen molar-refractivity contribution < 1.29 is 19.1 Å². The predicted molar refractivity (Wildman–Crippen MR) is 78.7 cm³/mol. The number of hydrogen-bond acceptors (Lipinski definition) is 3. The van der Waals surface area contributed by atoms with Crippen molar-refractivity contribution in [3.63, 3.8) is 0 Å². The fourth-order valence-electron chi connectivity index (χ4n) is 1.88. The molecule has 2 aromatic rings. The molecule has 0 aliphatic carbocycles. The van der Waals surface area contributed by atoms with Gasteiger partial charge in [-0.25, -0.2) is 4.39 Å². The summed E-state index contributed by atoms with van der Waals surface area (Å²) in [4.78, 5) is 22.9. The molecule has 1 atom stereocenters. The van der Waals surface area contributed by atoms with Crippen molar-refractivity contribution in [2.45, 2.75) is 6.10 Å². The minimum Gasteiger partial charge on any atom is -0.387 e. The van der Waals surface area contributed by atoms with Crippen molar-refractivity contribution in [1.29, 1.82) is 0 Å². The van der Waals surface area contributed by atoms with Crippen LogP contribution in [0.3, 0.4) is 0 Å². The Kier molecular flexibility index (Phi) is 4.85. The molecule has 2 amide bonds. The lowest BCUT2D eigenvalue weighted by Crippen LogP contribution is -2.28. The molecule has 0 saturated heterocycles. The molecular weight excluding hydrogens is 287 g/mol. The van der Waals surface area contributed by atoms with Gasteiger partial charge in [0.1, 0.15) is 5.82 Å². The second-order valence-electron chi connectivity index (χ2n) is 4.72. The number of benzene rings is 2. The Morgan fingerprint density at radius 2 is 1.59 bits per heavy atom. The van der Waals surface area contributed by atoms with E-state index in [9.17, 15) is 19.1 Å². The van der Waals surface area contributed by atoms with Crippen molar-refractivity contribution in [3.8, 4) is 0 Å². The van der Waals surface area contributed by atoms with E-state index in [0.29, 0.717) is 16.7 Å². The average molecular weight is 302 g/mol. The van der Waals surface area contributed by atoms with Crippen LogP contribution in [0.25, 0.3) is 0 Å². The summed E-state index contributed by atoms with van der Waals surface area (Å²) in [6.45, 7) is -0.0119. The number of primary amides is 1. The van der Waals surface area contributed by atoms with E-state index in [1.165, 1.54) is 48.5 Å². The topological polar surface area (TPSA) is 92.4 Å². The molecule has 6 heteroatoms. The molecule has 0 spiro atoms. The maximum absolute atomic E-state index is 12.8. The Balaban J connectivity index is 1.94. The molecule has 0 bridgehead atoms. The third kappa shape index (κ3) is 3.89. The summed E-state index contributed by atoms with van der Waals surface area (Å²) in [6.07, 6.45) is -0.936. The molecule has 0 aliphatic rings. The van der Waals surface area contributed by atoms with E-state index in [1.807, 2.05) is 0 Å². The minimum absolute atomic E-state index is 0.0119. The normalized spacial score (nSPS) is 11.7. The van der Waals surface area contributed by atoms with Crippen LogP contribution in [0, 0.1) is 5.82 Å². The zero-order chi connectivity index (χ0) is 16.1. The monoisotopic (exact) mass is 302 g/mol. The molecule has 114 valence electrons. The molecule has 0 saturated carbocycles. The van der Waals surface area contributed by atoms with Crippen LogP contribution in [0.5, 0.6) is 0 Å². The summed E-state index contributed by atoms with van der Waals surface area (Å²) in [6, 6.07) is 11.2. The third-order valence-corrected chi connectivity index (χ3v) is 3.14. The second kappa shape index (κ2) is 6.82. The van der Waals surface area contributed by atoms with Crippen LogP contribution >= 0.6 is 0 Å². The summed E-state index contributed by atoms with van der Waals surface area (Å²) in [5.41, 5.74) is 6.27. The van der Waals surface area contributed by atoms with Gasteiger partial charge < -0.3 is 16.2 Å². The lowest BCUT2D eigenvalue weighted by molar-refractivity contribution is 0.0915. The van der Waals surface area contributed by atoms with E-state index in [1.54, 1.807) is 0 Å². The highest BCUT2D eigenvalue weighted by molar-refractivity contribution is 5.97. The van der Waals surface area contributed by atoms with Gasteiger partial charge in [0.2, 0.25) is 5.91 Å². The lowest BCUT2D eigenvalue weighted by Gasteiger charge is -2.12. The molecule has 22 heavy (non-hydrogen) atoms. The van der Waals surface area contributed by atoms with Gasteiger partial charge in [0.05, 0.1) is 6.10 Å². The van der Waals surface area contributed by atoms with Gasteiger partial charge in [0, 0.05) is 17.7 Å². The minimum atomic E-state index is -0.936. The van der Waals surface area contributed by atoms with E-state index >= 15 is 0 Å². The summed E-state index contributed by atoms with van der Waals surface area (Å²) in [5.74, 6) is -1.36. The van der Waals surface area contributed by atoms with Crippen molar-refractivity contribution in [3.05, 3.63) is 71.0 Å². The van der Waals surface area contributed by atoms with Crippen LogP contribution in [0.15, 0.2) is 48.5 Å². The molecule has 0 aromatic heterocycles. The predicted octanol–water partition coefficient (Wildman–Crippen LogP) is 1.39. The van der Waals surface area contributed by atoms with Gasteiger partial charge in [-0.2, -0.15) is 0 Å². The smallest absolute Gasteiger partial charge is 0.251 e. The van der Waals surface area contributed by atoms with E-state index in [-0.39, 0.29) is 6.54 Å². The molecule has 0 aliphatic heterocycles. The van der Waals surface area contributed by atoms with E-state index in [4.69, 9.17) is 5.73 Å². The quantitative estimate of drug-likeness (QED) is 0.779. The van der Waals surface area contributed by atoms with Crippen LogP contribution in [-0.4, -0.2) is 23.5 Å². The highest BCUT2D eigenvalue weighted by Gasteiger charge is 2.11. The maximum atomic E-state index is 12.8. The number of aliphatic hydroxyl groups is 1. The van der Waals surface area contributed by atoms with Crippen molar-refractivity contribution in [2.75, 3.05) is 6.54 Å². The summed E-state index contributed by atoms with van der Waals surface area (Å²) in [5, 5.41) is 12.5. The first kappa shape index (κ1) is 15.7. The molecule has 2 rings (SSSR count). The van der Waals surface area contributed by atoms with Gasteiger partial charge in [-0.3, -0.25) is 9.59 Å². The lowest BCUT2D eigenvalue weighted by atomic mass is 10.1. The average Bonchev–Trinajstić information content (AvgIpc) is 2.53. The number of aliphatic hydroxyl groups excluding tert-OH is 1. The molecule has 5 nitrogen and oxygen atoms in total. The van der Waals surface area contributed by atoms with Gasteiger partial charge in [-0.15, -0.1) is 0 Å². The third-order valence-electron chi connectivity index (χ3n) is 3.14. The van der Waals surface area contributed by atoms with Crippen LogP contribution in [-0.2, 0) is 0 Å². The number of carbonyl (C=O) groups excluding carboxylic acids is 2. The van der Waals surface area contributed by atoms with Crippen LogP contribution < -0.4 is 11.1 Å². The Morgan fingerprint density at radius 3 is 2.14 bits per heavy atom. The molecule has 4 N–H and O–H groups in total. The molecule has 2 aromatic carbocycles. The maximum Gasteiger partial charge on any atom is 0.251 e. The summed E-state index contributed by atoms with van der Waals surface area (Å²) in [7, 11) is 0. The van der Waals surface area contributed by atoms with E-state index in [2.05, 4.69) is 5.32 Å². The first-order chi connectivity index (χ1) is 10.5. The Morgan fingerprint density at radius 1 is 1.05 bits per heavy atom. The van der Waals surface area contributed by atoms with Gasteiger partial charge in [-0.05, 0) is 42.0 Å². The van der Waals surface area contributed by atoms with Crippen molar-refractivity contribution in [1.82, 2.24) is 5.32 Å². The zero-order valence-corrected chi connectivity index (χ0v) is 11.6. The zero-order valence-electron chi connectivity index (χ0n) is 11.6. The van der Waals surface area contributed by atoms with E-state index < -0.39 is 23.7 Å². The van der Waals surface area contributed by atoms with E-state index in [0.717, 1.165) is 0 Å². The Bertz CT molecular complexity index is 669. The Hall–Kier alpha value is -2.73. The van der Waals surface area contributed by atoms with Gasteiger partial charge in [-0.1, -0.05) is 12.1 Å². The fraction of sp³-hybridized carbons (Fsp3) is 0.125. The highest BCUT2D eigenvalue weighted by atomic mass is 19.1. The second-order valence-corrected chi connectivity index (χ2v) is 4.72. The molecular formula is C16H15FN2O3. The number of nitrogens with one attached hydrogen (secondary N) is 1. The van der Waals surface area contributed by atoms with Crippen LogP contribution in [0.2, 0.25) is 0 Å². The number of hydrogen-bond donors (Lipinski definition) is 3. The van der Waals surface area contributed by atoms with Crippen molar-refractivity contribution in [2.24, 2.45) is 5.73 Å². The van der Waals surface area contributed by atoms with Crippen molar-refractivity contribution >= 4 is 11.8 Å². The SMILES string of the molecule is NC(=O)c1ccc(C(=O)NCC(O)c2ccc(F)cc2)cc1. The first-order valence-electron chi connectivity index (χ1n) is 6.59. The number of rotatable bonds is 5. The van der Waals surface area contributed by atoms with Gasteiger partial charge >= 0.3 is 0 Å². The number of amides is 2. The molecule has 0 heterocycles. The fourth-order valence-corrected chi connectivity index (χ4v) is 1.88. The first-order valence-corrected chi connectivity index (χ1v) is 6.59. The van der Waals surface area contributed by atoms with Gasteiger partial charge in [0.15, 0.2) is 0 Å². The van der Waals surface area contributed by atoms with Gasteiger partial charge in [0.25, 0.3) is 5.91 Å². The largest absolute Gasteiger partial charge is 0.387 e. The van der Waals surface area contributed by atoms with Crippen LogP contribution in [0.1, 0.15) is 32.4 Å². The van der Waals surface area contributed by atoms with Crippen LogP contribution in [0.4, 0.5) is 4.39 Å². The molecule has 0 fully saturated rings. The number of halogens is 1.